The van der Waals surface area contributed by atoms with Crippen LogP contribution < -0.4 is 0 Å². The molecule has 582 valence electrons. The number of aryl methyl sites for hydroxylation is 4. The number of halogens is 4. The molecule has 0 aliphatic heterocycles. The van der Waals surface area contributed by atoms with Gasteiger partial charge in [-0.25, -0.2) is 27.7 Å². The Morgan fingerprint density at radius 2 is 0.752 bits per heavy atom. The summed E-state index contributed by atoms with van der Waals surface area (Å²) < 4.78 is 85.0. The van der Waals surface area contributed by atoms with Gasteiger partial charge in [-0.2, -0.15) is 22.8 Å². The Morgan fingerprint density at radius 3 is 1.09 bits per heavy atom. The zero-order chi connectivity index (χ0) is 80.7. The fourth-order valence-electron chi connectivity index (χ4n) is 18.9. The van der Waals surface area contributed by atoms with Crippen molar-refractivity contribution in [2.75, 3.05) is 0 Å². The van der Waals surface area contributed by atoms with E-state index in [0.29, 0.717) is 15.9 Å². The van der Waals surface area contributed by atoms with E-state index in [9.17, 15) is 20.1 Å². The number of fused-ring (bicyclic) bond motifs is 21. The van der Waals surface area contributed by atoms with E-state index in [1.54, 1.807) is 47.0 Å². The Hall–Kier alpha value is -10.5. The maximum Gasteiger partial charge on any atom is 0.270 e. The molecule has 0 atom stereocenters. The normalized spacial score (nSPS) is 15.8. The topological polar surface area (TPSA) is 138 Å². The minimum Gasteiger partial charge on any atom is -0.289 e. The molecule has 6 heterocycles. The Bertz CT molecular complexity index is 6590. The van der Waals surface area contributed by atoms with E-state index in [4.69, 9.17) is 24.1 Å². The number of aromatic nitrogens is 4. The number of unbranched alkanes of at least 4 members (excludes halogenated alkanes) is 12. The molecule has 9 nitrogen and oxygen atoms in total. The molecule has 0 radical (unpaired) electrons. The Kier molecular flexibility index (Phi) is 21.1. The lowest BCUT2D eigenvalue weighted by molar-refractivity contribution is 0.103. The number of carbonyl (C=O) groups is 2. The van der Waals surface area contributed by atoms with E-state index in [1.165, 1.54) is 57.0 Å². The van der Waals surface area contributed by atoms with Crippen molar-refractivity contribution in [2.24, 2.45) is 0 Å². The van der Waals surface area contributed by atoms with Gasteiger partial charge in [0, 0.05) is 70.3 Å². The second-order valence-electron chi connectivity index (χ2n) is 31.5. The van der Waals surface area contributed by atoms with Gasteiger partial charge in [-0.1, -0.05) is 202 Å². The van der Waals surface area contributed by atoms with Gasteiger partial charge in [-0.15, -0.1) is 45.3 Å². The van der Waals surface area contributed by atoms with Crippen LogP contribution in [0.1, 0.15) is 246 Å². The number of allylic oxidation sites excluding steroid dienone is 6. The fourth-order valence-corrected chi connectivity index (χ4v) is 25.5. The second-order valence-corrected chi connectivity index (χ2v) is 36.7. The molecule has 117 heavy (non-hydrogen) atoms. The molecular weight excluding hydrogens is 1580 g/mol. The first-order valence-corrected chi connectivity index (χ1v) is 45.4. The zero-order valence-corrected chi connectivity index (χ0v) is 70.3. The highest BCUT2D eigenvalue weighted by Gasteiger charge is 2.54. The van der Waals surface area contributed by atoms with Crippen LogP contribution in [0.3, 0.4) is 0 Å². The number of hydrogen-bond acceptors (Lipinski definition) is 14. The van der Waals surface area contributed by atoms with Gasteiger partial charge in [0.15, 0.2) is 34.8 Å². The monoisotopic (exact) mass is 1650 g/mol. The lowest BCUT2D eigenvalue weighted by Gasteiger charge is -2.34. The van der Waals surface area contributed by atoms with E-state index < -0.39 is 51.4 Å². The average molecular weight is 1660 g/mol. The van der Waals surface area contributed by atoms with Gasteiger partial charge < -0.3 is 0 Å². The highest BCUT2D eigenvalue weighted by atomic mass is 32.1. The molecule has 6 aromatic heterocycles. The van der Waals surface area contributed by atoms with Crippen LogP contribution in [-0.2, 0) is 36.5 Å². The lowest BCUT2D eigenvalue weighted by atomic mass is 9.66. The van der Waals surface area contributed by atoms with Gasteiger partial charge >= 0.3 is 0 Å². The van der Waals surface area contributed by atoms with Crippen molar-refractivity contribution in [3.8, 4) is 31.6 Å². The number of nitrogens with zero attached hydrogens (tertiary/aromatic N) is 7. The molecule has 4 aliphatic rings. The van der Waals surface area contributed by atoms with E-state index in [2.05, 4.69) is 148 Å². The first-order valence-electron chi connectivity index (χ1n) is 40.7. The number of thiophene rings is 4. The number of nitriles is 2. The summed E-state index contributed by atoms with van der Waals surface area (Å²) in [7, 11) is 0. The molecule has 0 bridgehead atoms. The maximum absolute atomic E-state index is 15.4. The molecule has 0 amide bonds. The van der Waals surface area contributed by atoms with Crippen LogP contribution in [0.5, 0.6) is 0 Å². The third-order valence-corrected chi connectivity index (χ3v) is 30.4. The lowest BCUT2D eigenvalue weighted by Crippen LogP contribution is -2.28. The predicted octanol–water partition coefficient (Wildman–Crippen LogP) is 28.2. The van der Waals surface area contributed by atoms with Crippen LogP contribution in [0.25, 0.3) is 101 Å². The number of ketones is 2. The molecule has 0 spiro atoms. The van der Waals surface area contributed by atoms with Gasteiger partial charge in [0.1, 0.15) is 22.1 Å². The Balaban J connectivity index is 0.957. The van der Waals surface area contributed by atoms with Crippen LogP contribution in [0.2, 0.25) is 0 Å². The van der Waals surface area contributed by atoms with Crippen LogP contribution in [0, 0.1) is 52.5 Å². The number of carbonyl (C=O) groups excluding carboxylic acids is 2. The van der Waals surface area contributed by atoms with Gasteiger partial charge in [0.2, 0.25) is 0 Å². The van der Waals surface area contributed by atoms with Crippen LogP contribution >= 0.6 is 68.8 Å². The Labute approximate surface area is 701 Å². The predicted molar refractivity (Wildman–Crippen MR) is 473 cm³/mol. The standard InChI is InChI=1S/C98H79F4N7O2S6/c1-7-11-15-19-23-54-27-35-58(36-28-54)97(59-37-29-55(30-38-59)24-20-16-12-8-2)70-45-62(43-68-77(53(5)51-103)64-47-72(99)74(101)49-66(64)89(68)110)112-91(70)95-83(97)81-79-80(86-87(93(81)114-95)108-116-107-86)82-84-96(115-94(82)88-85(79)106-117-109-88)92-71(46-63(113-92)44-69-78(76(52-104)105-6)65-48-73(100)75(102)50-67(65)90(69)111)98(84,60-39-31-56(32-40-60)25-21-17-13-9-3)61-41-33-57(34-42-61)26-22-18-14-10-4/h27-50H,7-26H2,1-5H3/b68-43-,69-44-,77-53-,78-76+. The molecule has 18 rings (SSSR count). The van der Waals surface area contributed by atoms with Crippen molar-refractivity contribution in [3.63, 3.8) is 0 Å². The van der Waals surface area contributed by atoms with Crippen molar-refractivity contribution in [1.29, 1.82) is 10.5 Å². The van der Waals surface area contributed by atoms with E-state index in [1.807, 2.05) is 12.1 Å². The fraction of sp³-hybridized carbons (Fsp3) is 0.276. The summed E-state index contributed by atoms with van der Waals surface area (Å²) in [6.07, 6.45) is 24.8. The van der Waals surface area contributed by atoms with Crippen molar-refractivity contribution < 1.29 is 27.2 Å². The number of hydrogen-bond donors (Lipinski definition) is 0. The summed E-state index contributed by atoms with van der Waals surface area (Å²) in [6.45, 7) is 18.7. The second kappa shape index (κ2) is 31.7. The summed E-state index contributed by atoms with van der Waals surface area (Å²) in [5, 5.41) is 24.8. The minimum atomic E-state index is -1.21. The highest BCUT2D eigenvalue weighted by molar-refractivity contribution is 7.29. The molecule has 0 fully saturated rings. The minimum absolute atomic E-state index is 0.00305. The van der Waals surface area contributed by atoms with Crippen molar-refractivity contribution in [3.05, 3.63) is 289 Å². The third kappa shape index (κ3) is 12.6. The Morgan fingerprint density at radius 1 is 0.419 bits per heavy atom. The molecule has 14 aromatic rings. The molecule has 8 aromatic carbocycles. The number of Topliss-reactive ketones (excluding diaryl/α,β-unsaturated/α-hetero) is 2. The molecule has 0 saturated heterocycles. The SMILES string of the molecule is [C-]#[N+]/C(C#N)=C1/C(=C/c2cc3c(s2)-c2sc4c5nsnc5c5c6c7c(sc6c6nsnc6c5c4c2C3(c2ccc(CCCCCC)cc2)c2ccc(CCCCCC)cc2)-c2sc(/C=C3\C(=O)c4cc(F)c(F)cc4\C3=C(/C)C#N)cc2C7(c2ccc(CCCCCC)cc2)c2ccc(CCCCCC)cc2)C(=O)c2cc(F)c(F)cc21. The third-order valence-electron chi connectivity index (χ3n) is 24.5. The first kappa shape index (κ1) is 77.7. The molecule has 4 aliphatic carbocycles. The number of rotatable bonds is 26. The largest absolute Gasteiger partial charge is 0.289 e. The summed E-state index contributed by atoms with van der Waals surface area (Å²) in [5.74, 6) is -5.79. The van der Waals surface area contributed by atoms with E-state index in [0.717, 1.165) is 264 Å². The van der Waals surface area contributed by atoms with Crippen molar-refractivity contribution in [1.82, 2.24) is 17.5 Å². The molecule has 0 N–H and O–H groups in total. The van der Waals surface area contributed by atoms with Crippen LogP contribution in [0.4, 0.5) is 17.6 Å². The van der Waals surface area contributed by atoms with Crippen molar-refractivity contribution >= 4 is 157 Å². The van der Waals surface area contributed by atoms with Crippen LogP contribution in [-0.4, -0.2) is 29.1 Å². The maximum atomic E-state index is 15.4. The van der Waals surface area contributed by atoms with Gasteiger partial charge in [0.25, 0.3) is 5.70 Å². The zero-order valence-electron chi connectivity index (χ0n) is 65.4. The van der Waals surface area contributed by atoms with Gasteiger partial charge in [0.05, 0.1) is 81.9 Å². The highest BCUT2D eigenvalue weighted by Crippen LogP contribution is 2.69. The molecule has 0 unspecified atom stereocenters. The first-order chi connectivity index (χ1) is 57.1. The van der Waals surface area contributed by atoms with Gasteiger partial charge in [-0.05, 0) is 185 Å². The smallest absolute Gasteiger partial charge is 0.270 e. The van der Waals surface area contributed by atoms with Crippen molar-refractivity contribution in [2.45, 2.75) is 174 Å². The quantitative estimate of drug-likeness (QED) is 0.0172. The van der Waals surface area contributed by atoms with E-state index >= 15 is 17.6 Å². The summed E-state index contributed by atoms with van der Waals surface area (Å²) in [6, 6.07) is 49.0. The van der Waals surface area contributed by atoms with Gasteiger partial charge in [-0.3, -0.25) is 9.59 Å². The average Bonchev–Trinajstić information content (AvgIpc) is 1.49. The summed E-state index contributed by atoms with van der Waals surface area (Å²) in [5.41, 5.74) is 13.9. The van der Waals surface area contributed by atoms with Crippen LogP contribution in [0.15, 0.2) is 156 Å². The summed E-state index contributed by atoms with van der Waals surface area (Å²) in [4.78, 5) is 38.6. The summed E-state index contributed by atoms with van der Waals surface area (Å²) >= 11 is 8.71. The molecule has 0 saturated carbocycles. The van der Waals surface area contributed by atoms with E-state index in [-0.39, 0.29) is 50.1 Å². The molecular formula is C98H79F4N7O2S6. The molecule has 19 heteroatoms. The number of benzene rings is 8.